The highest BCUT2D eigenvalue weighted by atomic mass is 35.5. The Morgan fingerprint density at radius 1 is 1.38 bits per heavy atom. The molecule has 156 valence electrons. The maximum atomic E-state index is 12.4. The number of carbonyl (C=O) groups excluding carboxylic acids is 3. The average Bonchev–Trinajstić information content (AvgIpc) is 2.67. The fraction of sp³-hybridized carbons (Fsp3) is 0.444. The first-order valence-corrected chi connectivity index (χ1v) is 8.98. The van der Waals surface area contributed by atoms with Crippen LogP contribution >= 0.6 is 11.6 Å². The van der Waals surface area contributed by atoms with Crippen molar-refractivity contribution in [3.8, 4) is 6.07 Å². The van der Waals surface area contributed by atoms with Crippen molar-refractivity contribution in [3.05, 3.63) is 38.9 Å². The number of nitrogens with zero attached hydrogens (tertiary/aromatic N) is 3. The van der Waals surface area contributed by atoms with E-state index in [1.54, 1.807) is 13.8 Å². The van der Waals surface area contributed by atoms with Crippen molar-refractivity contribution in [2.24, 2.45) is 5.92 Å². The molecule has 0 spiro atoms. The van der Waals surface area contributed by atoms with Crippen molar-refractivity contribution < 1.29 is 24.0 Å². The van der Waals surface area contributed by atoms with Crippen LogP contribution < -0.4 is 5.32 Å². The molecule has 0 aliphatic carbocycles. The van der Waals surface area contributed by atoms with Crippen LogP contribution in [-0.4, -0.2) is 53.8 Å². The molecule has 0 saturated heterocycles. The summed E-state index contributed by atoms with van der Waals surface area (Å²) in [6.07, 6.45) is 0.147. The van der Waals surface area contributed by atoms with E-state index in [0.29, 0.717) is 0 Å². The molecule has 1 rings (SSSR count). The molecule has 29 heavy (non-hydrogen) atoms. The molecule has 0 bridgehead atoms. The number of benzene rings is 1. The summed E-state index contributed by atoms with van der Waals surface area (Å²) in [7, 11) is 1.47. The van der Waals surface area contributed by atoms with Gasteiger partial charge < -0.3 is 15.0 Å². The number of likely N-dealkylation sites (N-methyl/N-ethyl adjacent to an activating group) is 1. The molecule has 0 aliphatic heterocycles. The second kappa shape index (κ2) is 11.0. The molecule has 1 atom stereocenters. The number of nitro benzene ring substituents is 1. The predicted octanol–water partition coefficient (Wildman–Crippen LogP) is 1.92. The molecular weight excluding hydrogens is 404 g/mol. The Labute approximate surface area is 172 Å². The summed E-state index contributed by atoms with van der Waals surface area (Å²) in [5.41, 5.74) is -0.485. The lowest BCUT2D eigenvalue weighted by Gasteiger charge is -2.22. The SMILES string of the molecule is CC(C)C(NC(=O)c1ccc(Cl)c([N+](=O)[O-])c1)C(=O)OCC(=O)N(C)CCC#N. The number of nitrogens with one attached hydrogen (secondary N) is 1. The summed E-state index contributed by atoms with van der Waals surface area (Å²) in [5, 5.41) is 21.8. The molecule has 0 fully saturated rings. The van der Waals surface area contributed by atoms with Gasteiger partial charge in [0, 0.05) is 25.2 Å². The molecule has 1 unspecified atom stereocenters. The largest absolute Gasteiger partial charge is 0.454 e. The van der Waals surface area contributed by atoms with E-state index in [1.807, 2.05) is 6.07 Å². The monoisotopic (exact) mass is 424 g/mol. The smallest absolute Gasteiger partial charge is 0.329 e. The highest BCUT2D eigenvalue weighted by Crippen LogP contribution is 2.25. The van der Waals surface area contributed by atoms with Crippen LogP contribution in [0.2, 0.25) is 5.02 Å². The van der Waals surface area contributed by atoms with E-state index >= 15 is 0 Å². The average molecular weight is 425 g/mol. The molecular formula is C18H21ClN4O6. The van der Waals surface area contributed by atoms with Crippen molar-refractivity contribution >= 4 is 35.1 Å². The van der Waals surface area contributed by atoms with E-state index in [9.17, 15) is 24.5 Å². The molecule has 1 aromatic carbocycles. The van der Waals surface area contributed by atoms with Crippen molar-refractivity contribution in [1.29, 1.82) is 5.26 Å². The Bertz CT molecular complexity index is 836. The van der Waals surface area contributed by atoms with Gasteiger partial charge in [-0.25, -0.2) is 4.79 Å². The number of halogens is 1. The maximum Gasteiger partial charge on any atom is 0.329 e. The third kappa shape index (κ3) is 7.04. The van der Waals surface area contributed by atoms with Crippen LogP contribution in [0.5, 0.6) is 0 Å². The number of esters is 1. The van der Waals surface area contributed by atoms with Crippen LogP contribution in [-0.2, 0) is 14.3 Å². The van der Waals surface area contributed by atoms with Crippen LogP contribution in [0.4, 0.5) is 5.69 Å². The van der Waals surface area contributed by atoms with Gasteiger partial charge in [-0.3, -0.25) is 19.7 Å². The van der Waals surface area contributed by atoms with Crippen molar-refractivity contribution in [2.75, 3.05) is 20.2 Å². The summed E-state index contributed by atoms with van der Waals surface area (Å²) in [5.74, 6) is -2.41. The van der Waals surface area contributed by atoms with Gasteiger partial charge >= 0.3 is 5.97 Å². The number of hydrogen-bond donors (Lipinski definition) is 1. The normalized spacial score (nSPS) is 11.3. The summed E-state index contributed by atoms with van der Waals surface area (Å²) in [6.45, 7) is 2.99. The highest BCUT2D eigenvalue weighted by Gasteiger charge is 2.28. The van der Waals surface area contributed by atoms with E-state index < -0.39 is 41.0 Å². The second-order valence-electron chi connectivity index (χ2n) is 6.45. The van der Waals surface area contributed by atoms with Crippen LogP contribution in [0.15, 0.2) is 18.2 Å². The lowest BCUT2D eigenvalue weighted by molar-refractivity contribution is -0.384. The first-order chi connectivity index (χ1) is 13.6. The molecule has 0 aliphatic rings. The van der Waals surface area contributed by atoms with Gasteiger partial charge in [0.1, 0.15) is 11.1 Å². The fourth-order valence-electron chi connectivity index (χ4n) is 2.19. The zero-order valence-electron chi connectivity index (χ0n) is 16.2. The molecule has 1 aromatic rings. The number of nitriles is 1. The van der Waals surface area contributed by atoms with Gasteiger partial charge in [0.05, 0.1) is 17.4 Å². The third-order valence-electron chi connectivity index (χ3n) is 3.93. The quantitative estimate of drug-likeness (QED) is 0.362. The molecule has 0 radical (unpaired) electrons. The number of nitro groups is 1. The van der Waals surface area contributed by atoms with Crippen molar-refractivity contribution in [1.82, 2.24) is 10.2 Å². The summed E-state index contributed by atoms with van der Waals surface area (Å²) in [4.78, 5) is 48.2. The van der Waals surface area contributed by atoms with Gasteiger partial charge in [-0.15, -0.1) is 0 Å². The first kappa shape index (κ1) is 23.8. The minimum atomic E-state index is -1.07. The van der Waals surface area contributed by atoms with Gasteiger partial charge in [-0.05, 0) is 18.1 Å². The standard InChI is InChI=1S/C18H21ClN4O6/c1-11(2)16(18(26)29-10-15(24)22(3)8-4-7-20)21-17(25)12-5-6-13(19)14(9-12)23(27)28/h5-6,9,11,16H,4,8,10H2,1-3H3,(H,21,25). The van der Waals surface area contributed by atoms with Crippen LogP contribution in [0.3, 0.4) is 0 Å². The molecule has 0 saturated carbocycles. The Balaban J connectivity index is 2.80. The van der Waals surface area contributed by atoms with Crippen molar-refractivity contribution in [2.45, 2.75) is 26.3 Å². The first-order valence-electron chi connectivity index (χ1n) is 8.60. The molecule has 11 heteroatoms. The minimum absolute atomic E-state index is 0.0492. The van der Waals surface area contributed by atoms with Crippen LogP contribution in [0, 0.1) is 27.4 Å². The topological polar surface area (TPSA) is 143 Å². The van der Waals surface area contributed by atoms with E-state index in [2.05, 4.69) is 5.32 Å². The minimum Gasteiger partial charge on any atom is -0.454 e. The second-order valence-corrected chi connectivity index (χ2v) is 6.86. The fourth-order valence-corrected chi connectivity index (χ4v) is 2.38. The zero-order chi connectivity index (χ0) is 22.1. The van der Waals surface area contributed by atoms with Gasteiger partial charge in [0.25, 0.3) is 17.5 Å². The van der Waals surface area contributed by atoms with Crippen molar-refractivity contribution in [3.63, 3.8) is 0 Å². The Morgan fingerprint density at radius 2 is 2.03 bits per heavy atom. The van der Waals surface area contributed by atoms with E-state index in [-0.39, 0.29) is 29.5 Å². The van der Waals surface area contributed by atoms with E-state index in [0.717, 1.165) is 6.07 Å². The number of carbonyl (C=O) groups is 3. The number of rotatable bonds is 9. The Hall–Kier alpha value is -3.19. The third-order valence-corrected chi connectivity index (χ3v) is 4.25. The maximum absolute atomic E-state index is 12.4. The lowest BCUT2D eigenvalue weighted by Crippen LogP contribution is -2.46. The number of amides is 2. The highest BCUT2D eigenvalue weighted by molar-refractivity contribution is 6.32. The van der Waals surface area contributed by atoms with Gasteiger partial charge in [-0.2, -0.15) is 5.26 Å². The predicted molar refractivity (Wildman–Crippen MR) is 103 cm³/mol. The number of hydrogen-bond acceptors (Lipinski definition) is 7. The Kier molecular flexibility index (Phi) is 9.02. The molecule has 10 nitrogen and oxygen atoms in total. The summed E-state index contributed by atoms with van der Waals surface area (Å²) >= 11 is 5.73. The van der Waals surface area contributed by atoms with Gasteiger partial charge in [-0.1, -0.05) is 25.4 Å². The molecule has 1 N–H and O–H groups in total. The Morgan fingerprint density at radius 3 is 2.59 bits per heavy atom. The van der Waals surface area contributed by atoms with Crippen LogP contribution in [0.1, 0.15) is 30.6 Å². The molecule has 0 heterocycles. The zero-order valence-corrected chi connectivity index (χ0v) is 16.9. The lowest BCUT2D eigenvalue weighted by atomic mass is 10.0. The van der Waals surface area contributed by atoms with E-state index in [1.165, 1.54) is 24.1 Å². The summed E-state index contributed by atoms with van der Waals surface area (Å²) in [6, 6.07) is 4.34. The van der Waals surface area contributed by atoms with E-state index in [4.69, 9.17) is 21.6 Å². The number of ether oxygens (including phenoxy) is 1. The van der Waals surface area contributed by atoms with Crippen LogP contribution in [0.25, 0.3) is 0 Å². The molecule has 0 aromatic heterocycles. The summed E-state index contributed by atoms with van der Waals surface area (Å²) < 4.78 is 4.99. The van der Waals surface area contributed by atoms with Gasteiger partial charge in [0.15, 0.2) is 6.61 Å². The molecule has 2 amide bonds. The van der Waals surface area contributed by atoms with Gasteiger partial charge in [0.2, 0.25) is 0 Å².